The highest BCUT2D eigenvalue weighted by Gasteiger charge is 2.65. The van der Waals surface area contributed by atoms with Gasteiger partial charge in [0.15, 0.2) is 22.7 Å². The number of carbonyl (C=O) groups is 2. The van der Waals surface area contributed by atoms with Crippen molar-refractivity contribution in [1.29, 1.82) is 5.26 Å². The van der Waals surface area contributed by atoms with Crippen LogP contribution >= 0.6 is 0 Å². The smallest absolute Gasteiger partial charge is 0.241 e. The second-order valence-electron chi connectivity index (χ2n) is 9.38. The lowest BCUT2D eigenvalue weighted by atomic mass is 9.67. The average molecular weight is 494 g/mol. The molecule has 7 nitrogen and oxygen atoms in total. The molecule has 0 spiro atoms. The average Bonchev–Trinajstić information content (AvgIpc) is 3.24. The number of fused-ring (bicyclic) bond motifs is 3. The van der Waals surface area contributed by atoms with Crippen molar-refractivity contribution in [2.24, 2.45) is 11.1 Å². The molecular weight excluding hydrogens is 466 g/mol. The first-order valence-corrected chi connectivity index (χ1v) is 12.0. The summed E-state index contributed by atoms with van der Waals surface area (Å²) in [5.74, 6) is -0.945. The van der Waals surface area contributed by atoms with Gasteiger partial charge in [-0.05, 0) is 36.2 Å². The van der Waals surface area contributed by atoms with Gasteiger partial charge in [-0.3, -0.25) is 9.59 Å². The van der Waals surface area contributed by atoms with Crippen LogP contribution in [-0.2, 0) is 4.79 Å². The summed E-state index contributed by atoms with van der Waals surface area (Å²) in [7, 11) is 3.04. The van der Waals surface area contributed by atoms with Crippen LogP contribution in [0.15, 0.2) is 72.8 Å². The monoisotopic (exact) mass is 493 g/mol. The molecule has 2 heterocycles. The maximum absolute atomic E-state index is 14.3. The van der Waals surface area contributed by atoms with E-state index in [0.717, 1.165) is 16.8 Å². The number of nitriles is 1. The van der Waals surface area contributed by atoms with Crippen LogP contribution < -0.4 is 20.1 Å². The van der Waals surface area contributed by atoms with Crippen molar-refractivity contribution in [3.63, 3.8) is 0 Å². The van der Waals surface area contributed by atoms with Crippen molar-refractivity contribution in [1.82, 2.24) is 0 Å². The summed E-state index contributed by atoms with van der Waals surface area (Å²) in [5.41, 5.74) is 8.09. The summed E-state index contributed by atoms with van der Waals surface area (Å²) >= 11 is 0. The standard InChI is InChI=1S/C30H27N3O4/c1-18-8-10-20(11-9-18)28(34)27-26(21-12-14-23(36-2)24(16-21)37-3)30(17-31,29(32)35)25-15-13-19-6-4-5-7-22(19)33(25)27/h4-16,25-27H,1-3H3,(H2,32,35)/t25-,26-,27-,30+/m1/s1. The molecule has 4 atom stereocenters. The summed E-state index contributed by atoms with van der Waals surface area (Å²) in [6.45, 7) is 1.95. The first-order valence-electron chi connectivity index (χ1n) is 12.0. The Balaban J connectivity index is 1.81. The number of para-hydroxylation sites is 1. The number of Topliss-reactive ketones (excluding diaryl/α,β-unsaturated/α-hetero) is 1. The number of methoxy groups -OCH3 is 2. The highest BCUT2D eigenvalue weighted by molar-refractivity contribution is 6.06. The minimum atomic E-state index is -1.73. The van der Waals surface area contributed by atoms with Crippen LogP contribution in [0.1, 0.15) is 33.0 Å². The Bertz CT molecular complexity index is 1460. The molecule has 0 unspecified atom stereocenters. The summed E-state index contributed by atoms with van der Waals surface area (Å²) in [4.78, 5) is 29.5. The van der Waals surface area contributed by atoms with Gasteiger partial charge in [0.05, 0.1) is 26.3 Å². The molecule has 1 saturated heterocycles. The van der Waals surface area contributed by atoms with E-state index in [1.165, 1.54) is 14.2 Å². The zero-order chi connectivity index (χ0) is 26.3. The van der Waals surface area contributed by atoms with Gasteiger partial charge in [0.25, 0.3) is 0 Å². The molecule has 0 aliphatic carbocycles. The Labute approximate surface area is 215 Å². The first-order chi connectivity index (χ1) is 17.9. The van der Waals surface area contributed by atoms with E-state index >= 15 is 0 Å². The maximum atomic E-state index is 14.3. The molecule has 0 saturated carbocycles. The lowest BCUT2D eigenvalue weighted by Crippen LogP contribution is -2.49. The Hall–Kier alpha value is -4.57. The van der Waals surface area contributed by atoms with E-state index in [9.17, 15) is 14.9 Å². The van der Waals surface area contributed by atoms with E-state index in [1.807, 2.05) is 60.4 Å². The van der Waals surface area contributed by atoms with Crippen LogP contribution in [0.4, 0.5) is 5.69 Å². The number of benzene rings is 3. The van der Waals surface area contributed by atoms with Crippen LogP contribution in [-0.4, -0.2) is 38.0 Å². The number of rotatable bonds is 6. The molecule has 5 rings (SSSR count). The van der Waals surface area contributed by atoms with Crippen LogP contribution in [0.2, 0.25) is 0 Å². The van der Waals surface area contributed by atoms with Crippen LogP contribution in [0, 0.1) is 23.7 Å². The number of amides is 1. The number of anilines is 1. The zero-order valence-electron chi connectivity index (χ0n) is 20.8. The van der Waals surface area contributed by atoms with Crippen molar-refractivity contribution in [3.8, 4) is 17.6 Å². The molecule has 37 heavy (non-hydrogen) atoms. The third-order valence-corrected chi connectivity index (χ3v) is 7.51. The van der Waals surface area contributed by atoms with Gasteiger partial charge in [0, 0.05) is 17.2 Å². The van der Waals surface area contributed by atoms with E-state index in [-0.39, 0.29) is 5.78 Å². The molecule has 0 radical (unpaired) electrons. The highest BCUT2D eigenvalue weighted by Crippen LogP contribution is 2.56. The summed E-state index contributed by atoms with van der Waals surface area (Å²) in [6.07, 6.45) is 3.70. The number of primary amides is 1. The third kappa shape index (κ3) is 3.56. The van der Waals surface area contributed by atoms with Gasteiger partial charge >= 0.3 is 0 Å². The molecule has 7 heteroatoms. The Kier molecular flexibility index (Phi) is 5.96. The van der Waals surface area contributed by atoms with Crippen LogP contribution in [0.3, 0.4) is 0 Å². The largest absolute Gasteiger partial charge is 0.493 e. The van der Waals surface area contributed by atoms with Gasteiger partial charge in [-0.15, -0.1) is 0 Å². The number of hydrogen-bond acceptors (Lipinski definition) is 6. The second-order valence-corrected chi connectivity index (χ2v) is 9.38. The number of carbonyl (C=O) groups excluding carboxylic acids is 2. The minimum absolute atomic E-state index is 0.201. The Morgan fingerprint density at radius 3 is 2.35 bits per heavy atom. The number of hydrogen-bond donors (Lipinski definition) is 1. The van der Waals surface area contributed by atoms with E-state index in [4.69, 9.17) is 15.2 Å². The summed E-state index contributed by atoms with van der Waals surface area (Å²) < 4.78 is 10.9. The summed E-state index contributed by atoms with van der Waals surface area (Å²) in [5, 5.41) is 10.7. The van der Waals surface area contributed by atoms with Gasteiger partial charge in [0.2, 0.25) is 5.91 Å². The first kappa shape index (κ1) is 24.1. The van der Waals surface area contributed by atoms with E-state index in [2.05, 4.69) is 6.07 Å². The lowest BCUT2D eigenvalue weighted by Gasteiger charge is -2.36. The van der Waals surface area contributed by atoms with Crippen molar-refractivity contribution >= 4 is 23.5 Å². The van der Waals surface area contributed by atoms with Gasteiger partial charge in [-0.1, -0.05) is 66.2 Å². The number of ketones is 1. The fourth-order valence-electron chi connectivity index (χ4n) is 5.74. The molecule has 2 aliphatic rings. The number of ether oxygens (including phenoxy) is 2. The normalized spacial score (nSPS) is 23.5. The van der Waals surface area contributed by atoms with Crippen molar-refractivity contribution in [2.45, 2.75) is 24.9 Å². The minimum Gasteiger partial charge on any atom is -0.493 e. The van der Waals surface area contributed by atoms with Crippen molar-refractivity contribution < 1.29 is 19.1 Å². The number of nitrogens with zero attached hydrogens (tertiary/aromatic N) is 2. The van der Waals surface area contributed by atoms with Crippen molar-refractivity contribution in [3.05, 3.63) is 95.1 Å². The predicted octanol–water partition coefficient (Wildman–Crippen LogP) is 4.26. The van der Waals surface area contributed by atoms with Crippen LogP contribution in [0.5, 0.6) is 11.5 Å². The van der Waals surface area contributed by atoms with Gasteiger partial charge in [-0.2, -0.15) is 5.26 Å². The summed E-state index contributed by atoms with van der Waals surface area (Å²) in [6, 6.07) is 20.8. The Morgan fingerprint density at radius 1 is 1.00 bits per heavy atom. The second kappa shape index (κ2) is 9.14. The maximum Gasteiger partial charge on any atom is 0.241 e. The van der Waals surface area contributed by atoms with E-state index in [0.29, 0.717) is 22.6 Å². The molecule has 1 amide bonds. The molecule has 0 aromatic heterocycles. The Morgan fingerprint density at radius 2 is 1.70 bits per heavy atom. The highest BCUT2D eigenvalue weighted by atomic mass is 16.5. The number of nitrogens with two attached hydrogens (primary N) is 1. The molecular formula is C30H27N3O4. The molecule has 3 aromatic carbocycles. The molecule has 2 aliphatic heterocycles. The zero-order valence-corrected chi connectivity index (χ0v) is 20.8. The number of aryl methyl sites for hydroxylation is 1. The van der Waals surface area contributed by atoms with Crippen LogP contribution in [0.25, 0.3) is 6.08 Å². The quantitative estimate of drug-likeness (QED) is 0.515. The van der Waals surface area contributed by atoms with E-state index < -0.39 is 29.3 Å². The third-order valence-electron chi connectivity index (χ3n) is 7.51. The molecule has 186 valence electrons. The fourth-order valence-corrected chi connectivity index (χ4v) is 5.74. The predicted molar refractivity (Wildman–Crippen MR) is 141 cm³/mol. The molecule has 0 bridgehead atoms. The SMILES string of the molecule is COc1ccc([C@@H]2[C@H](C(=O)c3ccc(C)cc3)N3c4ccccc4C=C[C@@H]3[C@]2(C#N)C(N)=O)cc1OC. The van der Waals surface area contributed by atoms with E-state index in [1.54, 1.807) is 30.3 Å². The van der Waals surface area contributed by atoms with Gasteiger partial charge in [0.1, 0.15) is 6.04 Å². The molecule has 1 fully saturated rings. The molecule has 2 N–H and O–H groups in total. The van der Waals surface area contributed by atoms with Crippen molar-refractivity contribution in [2.75, 3.05) is 19.1 Å². The lowest BCUT2D eigenvalue weighted by molar-refractivity contribution is -0.125. The fraction of sp³-hybridized carbons (Fsp3) is 0.233. The van der Waals surface area contributed by atoms with Gasteiger partial charge < -0.3 is 20.1 Å². The molecule has 3 aromatic rings. The topological polar surface area (TPSA) is 106 Å². The van der Waals surface area contributed by atoms with Gasteiger partial charge in [-0.25, -0.2) is 0 Å².